The van der Waals surface area contributed by atoms with Crippen molar-refractivity contribution in [2.75, 3.05) is 0 Å². The first-order valence-electron chi connectivity index (χ1n) is 4.25. The third kappa shape index (κ3) is 2.79. The first-order chi connectivity index (χ1) is 6.82. The average Bonchev–Trinajstić information content (AvgIpc) is 2.15. The van der Waals surface area contributed by atoms with Gasteiger partial charge in [-0.05, 0) is 24.6 Å². The van der Waals surface area contributed by atoms with Gasteiger partial charge < -0.3 is 5.73 Å². The summed E-state index contributed by atoms with van der Waals surface area (Å²) in [5, 5.41) is 0. The van der Waals surface area contributed by atoms with Crippen LogP contribution in [-0.4, -0.2) is 5.78 Å². The van der Waals surface area contributed by atoms with E-state index in [0.29, 0.717) is 5.56 Å². The van der Waals surface area contributed by atoms with Gasteiger partial charge in [0.1, 0.15) is 0 Å². The Morgan fingerprint density at radius 2 is 1.73 bits per heavy atom. The van der Waals surface area contributed by atoms with Crippen molar-refractivity contribution in [1.29, 1.82) is 0 Å². The van der Waals surface area contributed by atoms with Gasteiger partial charge in [-0.15, -0.1) is 0 Å². The van der Waals surface area contributed by atoms with Crippen molar-refractivity contribution in [1.82, 2.24) is 0 Å². The highest BCUT2D eigenvalue weighted by Gasteiger charge is 2.30. The molecule has 15 heavy (non-hydrogen) atoms. The summed E-state index contributed by atoms with van der Waals surface area (Å²) in [7, 11) is 0. The Hall–Kier alpha value is -1.36. The number of Topliss-reactive ketones (excluding diaryl/α,β-unsaturated/α-hetero) is 1. The zero-order chi connectivity index (χ0) is 11.6. The van der Waals surface area contributed by atoms with Crippen LogP contribution in [0.1, 0.15) is 24.1 Å². The van der Waals surface area contributed by atoms with Crippen molar-refractivity contribution in [2.45, 2.75) is 19.1 Å². The van der Waals surface area contributed by atoms with E-state index in [4.69, 9.17) is 5.73 Å². The maximum atomic E-state index is 12.2. The molecule has 5 heteroatoms. The second-order valence-electron chi connectivity index (χ2n) is 3.21. The highest BCUT2D eigenvalue weighted by Crippen LogP contribution is 2.29. The number of carbonyl (C=O) groups is 1. The molecule has 0 amide bonds. The molecule has 1 rings (SSSR count). The predicted molar refractivity (Wildman–Crippen MR) is 49.1 cm³/mol. The number of alkyl halides is 3. The van der Waals surface area contributed by atoms with E-state index in [1.165, 1.54) is 19.1 Å². The normalized spacial score (nSPS) is 13.7. The Morgan fingerprint density at radius 3 is 2.07 bits per heavy atom. The Bertz CT molecular complexity index is 356. The molecule has 0 aliphatic carbocycles. The molecule has 0 saturated heterocycles. The fourth-order valence-corrected chi connectivity index (χ4v) is 1.11. The second kappa shape index (κ2) is 4.02. The summed E-state index contributed by atoms with van der Waals surface area (Å²) in [5.74, 6) is -0.283. The summed E-state index contributed by atoms with van der Waals surface area (Å²) in [6, 6.07) is 3.41. The molecule has 0 spiro atoms. The van der Waals surface area contributed by atoms with Gasteiger partial charge in [0.15, 0.2) is 5.78 Å². The average molecular weight is 217 g/mol. The summed E-state index contributed by atoms with van der Waals surface area (Å²) in [4.78, 5) is 10.9. The van der Waals surface area contributed by atoms with Gasteiger partial charge in [0.05, 0.1) is 11.6 Å². The molecule has 1 atom stereocenters. The number of nitrogens with two attached hydrogens (primary N) is 1. The highest BCUT2D eigenvalue weighted by molar-refractivity contribution is 5.82. The van der Waals surface area contributed by atoms with Crippen molar-refractivity contribution in [3.63, 3.8) is 0 Å². The van der Waals surface area contributed by atoms with Crippen LogP contribution >= 0.6 is 0 Å². The lowest BCUT2D eigenvalue weighted by molar-refractivity contribution is -0.137. The summed E-state index contributed by atoms with van der Waals surface area (Å²) >= 11 is 0. The summed E-state index contributed by atoms with van der Waals surface area (Å²) < 4.78 is 36.5. The van der Waals surface area contributed by atoms with Gasteiger partial charge in [0, 0.05) is 0 Å². The quantitative estimate of drug-likeness (QED) is 0.825. The van der Waals surface area contributed by atoms with Crippen LogP contribution in [0.2, 0.25) is 0 Å². The topological polar surface area (TPSA) is 43.1 Å². The van der Waals surface area contributed by atoms with E-state index in [0.717, 1.165) is 12.1 Å². The first-order valence-corrected chi connectivity index (χ1v) is 4.25. The molecule has 0 bridgehead atoms. The molecule has 0 saturated carbocycles. The zero-order valence-electron chi connectivity index (χ0n) is 8.01. The fourth-order valence-electron chi connectivity index (χ4n) is 1.11. The van der Waals surface area contributed by atoms with Crippen LogP contribution in [0.3, 0.4) is 0 Å². The van der Waals surface area contributed by atoms with Crippen LogP contribution in [0.15, 0.2) is 24.3 Å². The summed E-state index contributed by atoms with van der Waals surface area (Å²) in [6.45, 7) is 1.29. The van der Waals surface area contributed by atoms with E-state index in [9.17, 15) is 18.0 Å². The molecule has 1 aromatic carbocycles. The number of hydrogen-bond acceptors (Lipinski definition) is 2. The molecular weight excluding hydrogens is 207 g/mol. The summed E-state index contributed by atoms with van der Waals surface area (Å²) in [6.07, 6.45) is -4.36. The minimum atomic E-state index is -4.36. The van der Waals surface area contributed by atoms with Gasteiger partial charge >= 0.3 is 6.18 Å². The minimum absolute atomic E-state index is 0.283. The lowest BCUT2D eigenvalue weighted by Crippen LogP contribution is -2.18. The van der Waals surface area contributed by atoms with Crippen molar-refractivity contribution in [3.8, 4) is 0 Å². The zero-order valence-corrected chi connectivity index (χ0v) is 8.01. The van der Waals surface area contributed by atoms with Gasteiger partial charge in [-0.3, -0.25) is 4.79 Å². The van der Waals surface area contributed by atoms with E-state index in [1.54, 1.807) is 0 Å². The molecule has 2 nitrogen and oxygen atoms in total. The maximum absolute atomic E-state index is 12.2. The van der Waals surface area contributed by atoms with Crippen LogP contribution < -0.4 is 5.73 Å². The third-order valence-corrected chi connectivity index (χ3v) is 2.04. The maximum Gasteiger partial charge on any atom is 0.416 e. The molecule has 0 radical (unpaired) electrons. The summed E-state index contributed by atoms with van der Waals surface area (Å²) in [5.41, 5.74) is 5.10. The van der Waals surface area contributed by atoms with Crippen LogP contribution in [0.5, 0.6) is 0 Å². The molecule has 0 aliphatic heterocycles. The number of halogens is 3. The monoisotopic (exact) mass is 217 g/mol. The molecule has 0 heterocycles. The number of rotatable bonds is 2. The van der Waals surface area contributed by atoms with E-state index in [2.05, 4.69) is 0 Å². The van der Waals surface area contributed by atoms with Gasteiger partial charge in [-0.2, -0.15) is 13.2 Å². The fraction of sp³-hybridized carbons (Fsp3) is 0.300. The molecule has 82 valence electrons. The molecule has 0 aromatic heterocycles. The minimum Gasteiger partial charge on any atom is -0.318 e. The number of benzene rings is 1. The molecular formula is C10H10F3NO. The van der Waals surface area contributed by atoms with E-state index in [-0.39, 0.29) is 5.78 Å². The largest absolute Gasteiger partial charge is 0.416 e. The molecule has 1 aromatic rings. The highest BCUT2D eigenvalue weighted by atomic mass is 19.4. The third-order valence-electron chi connectivity index (χ3n) is 2.04. The van der Waals surface area contributed by atoms with Crippen LogP contribution in [-0.2, 0) is 11.0 Å². The Labute approximate surface area is 84.9 Å². The van der Waals surface area contributed by atoms with Gasteiger partial charge in [0.2, 0.25) is 0 Å². The van der Waals surface area contributed by atoms with Crippen molar-refractivity contribution in [2.24, 2.45) is 5.73 Å². The first kappa shape index (κ1) is 11.7. The molecule has 2 N–H and O–H groups in total. The molecule has 0 aliphatic rings. The van der Waals surface area contributed by atoms with Crippen LogP contribution in [0, 0.1) is 0 Å². The lowest BCUT2D eigenvalue weighted by atomic mass is 10.0. The van der Waals surface area contributed by atoms with Crippen molar-refractivity contribution >= 4 is 5.78 Å². The van der Waals surface area contributed by atoms with Crippen molar-refractivity contribution < 1.29 is 18.0 Å². The smallest absolute Gasteiger partial charge is 0.318 e. The van der Waals surface area contributed by atoms with E-state index >= 15 is 0 Å². The van der Waals surface area contributed by atoms with E-state index < -0.39 is 17.8 Å². The standard InChI is InChI=1S/C10H10F3NO/c1-6(15)9(14)7-2-4-8(5-3-7)10(11,12)13/h2-5,9H,14H2,1H3. The number of hydrogen-bond donors (Lipinski definition) is 1. The van der Waals surface area contributed by atoms with Gasteiger partial charge in [-0.1, -0.05) is 12.1 Å². The Kier molecular flexibility index (Phi) is 3.14. The Morgan fingerprint density at radius 1 is 1.27 bits per heavy atom. The number of carbonyl (C=O) groups excluding carboxylic acids is 1. The SMILES string of the molecule is CC(=O)C(N)c1ccc(C(F)(F)F)cc1. The molecule has 1 unspecified atom stereocenters. The van der Waals surface area contributed by atoms with E-state index in [1.807, 2.05) is 0 Å². The van der Waals surface area contributed by atoms with Gasteiger partial charge in [-0.25, -0.2) is 0 Å². The lowest BCUT2D eigenvalue weighted by Gasteiger charge is -2.10. The Balaban J connectivity index is 2.95. The number of ketones is 1. The van der Waals surface area contributed by atoms with Crippen molar-refractivity contribution in [3.05, 3.63) is 35.4 Å². The van der Waals surface area contributed by atoms with Gasteiger partial charge in [0.25, 0.3) is 0 Å². The predicted octanol–water partition coefficient (Wildman–Crippen LogP) is 2.29. The second-order valence-corrected chi connectivity index (χ2v) is 3.21. The molecule has 0 fully saturated rings. The van der Waals surface area contributed by atoms with Crippen LogP contribution in [0.25, 0.3) is 0 Å². The van der Waals surface area contributed by atoms with Crippen LogP contribution in [0.4, 0.5) is 13.2 Å².